The van der Waals surface area contributed by atoms with Gasteiger partial charge in [-0.3, -0.25) is 0 Å². The monoisotopic (exact) mass is 185 g/mol. The van der Waals surface area contributed by atoms with Crippen LogP contribution in [0.4, 0.5) is 0 Å². The van der Waals surface area contributed by atoms with Gasteiger partial charge in [-0.2, -0.15) is 0 Å². The summed E-state index contributed by atoms with van der Waals surface area (Å²) in [6, 6.07) is 0. The summed E-state index contributed by atoms with van der Waals surface area (Å²) in [6.45, 7) is 4.24. The van der Waals surface area contributed by atoms with E-state index in [1.165, 1.54) is 0 Å². The van der Waals surface area contributed by atoms with Crippen molar-refractivity contribution in [1.82, 2.24) is 0 Å². The molecule has 4 heteroatoms. The Morgan fingerprint density at radius 2 is 2.00 bits per heavy atom. The van der Waals surface area contributed by atoms with Crippen LogP contribution in [0.1, 0.15) is 13.8 Å². The second-order valence-electron chi connectivity index (χ2n) is 1.07. The average molecular weight is 186 g/mol. The van der Waals surface area contributed by atoms with Crippen LogP contribution in [0, 0.1) is 0 Å². The van der Waals surface area contributed by atoms with Gasteiger partial charge in [0.15, 0.2) is 6.16 Å². The zero-order valence-corrected chi connectivity index (χ0v) is 9.25. The van der Waals surface area contributed by atoms with Crippen molar-refractivity contribution in [2.45, 2.75) is 13.8 Å². The Morgan fingerprint density at radius 3 is 2.12 bits per heavy atom. The maximum atomic E-state index is 10.3. The molecule has 0 saturated heterocycles. The van der Waals surface area contributed by atoms with Gasteiger partial charge in [0.1, 0.15) is 0 Å². The van der Waals surface area contributed by atoms with Crippen LogP contribution >= 0.6 is 8.03 Å². The molecule has 0 bridgehead atoms. The molecule has 0 aliphatic rings. The molecule has 0 aliphatic heterocycles. The molecule has 0 saturated carbocycles. The first-order valence-electron chi connectivity index (χ1n) is 2.38. The smallest absolute Gasteiger partial charge is 0.147 e. The van der Waals surface area contributed by atoms with Crippen LogP contribution in [0.2, 0.25) is 0 Å². The third-order valence-corrected chi connectivity index (χ3v) is 1.59. The molecule has 0 fully saturated rings. The normalized spacial score (nSPS) is 10.0. The molecule has 0 aromatic carbocycles. The Bertz CT molecular complexity index is 67.1. The first kappa shape index (κ1) is 11.5. The standard InChI is InChI=1S/C4H10O2P.Zn/c1-3-6-7(5)4-2;/h3-4H2,1-2H3;/q+1;. The largest absolute Gasteiger partial charge is 0.507 e. The molecule has 1 atom stereocenters. The van der Waals surface area contributed by atoms with Crippen LogP contribution in [0.15, 0.2) is 0 Å². The van der Waals surface area contributed by atoms with Crippen molar-refractivity contribution in [2.75, 3.05) is 12.8 Å². The molecule has 0 spiro atoms. The molecule has 0 N–H and O–H groups in total. The zero-order chi connectivity index (χ0) is 5.70. The summed E-state index contributed by atoms with van der Waals surface area (Å²) in [5.74, 6) is 0. The van der Waals surface area contributed by atoms with Crippen molar-refractivity contribution in [3.8, 4) is 0 Å². The maximum absolute atomic E-state index is 10.3. The van der Waals surface area contributed by atoms with Crippen molar-refractivity contribution in [2.24, 2.45) is 0 Å². The van der Waals surface area contributed by atoms with Crippen molar-refractivity contribution < 1.29 is 28.6 Å². The van der Waals surface area contributed by atoms with Gasteiger partial charge in [-0.25, -0.2) is 0 Å². The number of hydrogen-bond donors (Lipinski definition) is 0. The summed E-state index contributed by atoms with van der Waals surface area (Å²) < 4.78 is 15.0. The van der Waals surface area contributed by atoms with E-state index < -0.39 is 8.03 Å². The molecule has 1 unspecified atom stereocenters. The fourth-order valence-corrected chi connectivity index (χ4v) is 0.706. The Morgan fingerprint density at radius 1 is 1.50 bits per heavy atom. The van der Waals surface area contributed by atoms with Gasteiger partial charge in [-0.15, -0.1) is 4.52 Å². The van der Waals surface area contributed by atoms with Gasteiger partial charge in [0.05, 0.1) is 6.61 Å². The Labute approximate surface area is 63.6 Å². The van der Waals surface area contributed by atoms with Crippen LogP contribution in [-0.4, -0.2) is 12.8 Å². The predicted molar refractivity (Wildman–Crippen MR) is 29.8 cm³/mol. The van der Waals surface area contributed by atoms with E-state index in [9.17, 15) is 4.57 Å². The van der Waals surface area contributed by atoms with Gasteiger partial charge >= 0.3 is 8.03 Å². The summed E-state index contributed by atoms with van der Waals surface area (Å²) in [4.78, 5) is 0. The minimum atomic E-state index is -1.33. The fourth-order valence-electron chi connectivity index (χ4n) is 0.235. The maximum Gasteiger partial charge on any atom is 0.507 e. The van der Waals surface area contributed by atoms with E-state index in [-0.39, 0.29) is 19.5 Å². The summed E-state index contributed by atoms with van der Waals surface area (Å²) in [6.07, 6.45) is 0.628. The number of rotatable bonds is 3. The van der Waals surface area contributed by atoms with Crippen LogP contribution in [0.3, 0.4) is 0 Å². The zero-order valence-electron chi connectivity index (χ0n) is 5.39. The van der Waals surface area contributed by atoms with Crippen molar-refractivity contribution in [1.29, 1.82) is 0 Å². The van der Waals surface area contributed by atoms with Crippen LogP contribution < -0.4 is 0 Å². The Hall–Kier alpha value is 0.683. The molecule has 0 heterocycles. The van der Waals surface area contributed by atoms with E-state index in [2.05, 4.69) is 0 Å². The summed E-state index contributed by atoms with van der Waals surface area (Å²) in [5, 5.41) is 0. The molecule has 0 rings (SSSR count). The van der Waals surface area contributed by atoms with Crippen molar-refractivity contribution in [3.63, 3.8) is 0 Å². The van der Waals surface area contributed by atoms with E-state index in [1.54, 1.807) is 0 Å². The molecule has 0 radical (unpaired) electrons. The van der Waals surface area contributed by atoms with E-state index in [0.29, 0.717) is 12.8 Å². The third-order valence-electron chi connectivity index (χ3n) is 0.531. The van der Waals surface area contributed by atoms with Gasteiger partial charge in [0.2, 0.25) is 0 Å². The molecule has 0 aromatic rings. The Kier molecular flexibility index (Phi) is 11.0. The molecular weight excluding hydrogens is 176 g/mol. The predicted octanol–water partition coefficient (Wildman–Crippen LogP) is 1.78. The van der Waals surface area contributed by atoms with E-state index in [4.69, 9.17) is 4.52 Å². The molecule has 0 aliphatic carbocycles. The molecule has 0 amide bonds. The van der Waals surface area contributed by atoms with E-state index in [1.807, 2.05) is 13.8 Å². The summed E-state index contributed by atoms with van der Waals surface area (Å²) in [7, 11) is -1.33. The van der Waals surface area contributed by atoms with E-state index in [0.717, 1.165) is 0 Å². The van der Waals surface area contributed by atoms with Crippen LogP contribution in [0.5, 0.6) is 0 Å². The third kappa shape index (κ3) is 6.68. The molecule has 2 nitrogen and oxygen atoms in total. The first-order chi connectivity index (χ1) is 3.31. The fraction of sp³-hybridized carbons (Fsp3) is 1.00. The second-order valence-corrected chi connectivity index (χ2v) is 2.62. The Balaban J connectivity index is 0. The van der Waals surface area contributed by atoms with Crippen molar-refractivity contribution >= 4 is 8.03 Å². The molecule has 0 aromatic heterocycles. The molecular formula is C4H10O2PZn+. The van der Waals surface area contributed by atoms with E-state index >= 15 is 0 Å². The van der Waals surface area contributed by atoms with Gasteiger partial charge < -0.3 is 0 Å². The first-order valence-corrected chi connectivity index (χ1v) is 3.75. The quantitative estimate of drug-likeness (QED) is 0.496. The average Bonchev–Trinajstić information content (AvgIpc) is 1.68. The number of hydrogen-bond acceptors (Lipinski definition) is 2. The van der Waals surface area contributed by atoms with Gasteiger partial charge in [-0.05, 0) is 18.4 Å². The van der Waals surface area contributed by atoms with Gasteiger partial charge in [-0.1, -0.05) is 0 Å². The second kappa shape index (κ2) is 7.68. The van der Waals surface area contributed by atoms with Gasteiger partial charge in [0.25, 0.3) is 0 Å². The van der Waals surface area contributed by atoms with Crippen LogP contribution in [-0.2, 0) is 28.6 Å². The minimum Gasteiger partial charge on any atom is -0.147 e. The summed E-state index contributed by atoms with van der Waals surface area (Å²) in [5.41, 5.74) is 0. The minimum absolute atomic E-state index is 0. The SMILES string of the molecule is CCO[P+](=O)CC.[Zn]. The molecule has 44 valence electrons. The van der Waals surface area contributed by atoms with Crippen molar-refractivity contribution in [3.05, 3.63) is 0 Å². The van der Waals surface area contributed by atoms with Crippen LogP contribution in [0.25, 0.3) is 0 Å². The topological polar surface area (TPSA) is 26.3 Å². The molecule has 8 heavy (non-hydrogen) atoms. The summed E-state index contributed by atoms with van der Waals surface area (Å²) >= 11 is 0. The van der Waals surface area contributed by atoms with Gasteiger partial charge in [0, 0.05) is 19.5 Å².